The Bertz CT molecular complexity index is 1110. The number of fused-ring (bicyclic) bond motifs is 1. The van der Waals surface area contributed by atoms with Gasteiger partial charge in [-0.1, -0.05) is 35.3 Å². The maximum absolute atomic E-state index is 12.5. The number of hydrogen-bond donors (Lipinski definition) is 3. The lowest BCUT2D eigenvalue weighted by molar-refractivity contribution is -0.602. The van der Waals surface area contributed by atoms with Crippen molar-refractivity contribution < 1.29 is 9.47 Å². The van der Waals surface area contributed by atoms with E-state index in [1.54, 1.807) is 28.4 Å². The number of aromatic nitrogens is 3. The highest BCUT2D eigenvalue weighted by Crippen LogP contribution is 2.20. The van der Waals surface area contributed by atoms with Crippen LogP contribution in [0, 0.1) is 0 Å². The average Bonchev–Trinajstić information content (AvgIpc) is 3.31. The number of para-hydroxylation sites is 2. The molecule has 9 heteroatoms. The Morgan fingerprint density at radius 2 is 2.07 bits per heavy atom. The topological polar surface area (TPSA) is 73.7 Å². The van der Waals surface area contributed by atoms with Crippen molar-refractivity contribution in [1.29, 1.82) is 0 Å². The zero-order valence-corrected chi connectivity index (χ0v) is 16.2. The quantitative estimate of drug-likeness (QED) is 0.431. The van der Waals surface area contributed by atoms with E-state index in [1.165, 1.54) is 11.3 Å². The molecule has 2 aromatic carbocycles. The summed E-state index contributed by atoms with van der Waals surface area (Å²) in [6, 6.07) is 12.4. The SMILES string of the molecule is O=C(NCc1cc(Cl)ccc1Cl)N[n+]1c(-c2cscn2)[nH]c2ccccc21. The number of aromatic amines is 1. The Kier molecular flexibility index (Phi) is 4.98. The second kappa shape index (κ2) is 7.56. The van der Waals surface area contributed by atoms with Gasteiger partial charge in [-0.2, -0.15) is 5.43 Å². The van der Waals surface area contributed by atoms with Gasteiger partial charge in [-0.15, -0.1) is 16.0 Å². The molecule has 0 unspecified atom stereocenters. The van der Waals surface area contributed by atoms with E-state index in [-0.39, 0.29) is 12.6 Å². The molecule has 0 fully saturated rings. The molecule has 2 aromatic heterocycles. The summed E-state index contributed by atoms with van der Waals surface area (Å²) in [5, 5.41) is 5.81. The molecule has 2 amide bonds. The highest BCUT2D eigenvalue weighted by Gasteiger charge is 2.23. The van der Waals surface area contributed by atoms with E-state index >= 15 is 0 Å². The van der Waals surface area contributed by atoms with Crippen LogP contribution in [-0.4, -0.2) is 16.0 Å². The standard InChI is InChI=1S/C18H13Cl2N5OS/c19-12-5-6-13(20)11(7-12)8-21-18(26)24-25-16-4-2-1-3-14(16)23-17(25)15-9-27-10-22-15/h1-7,9-10H,8H2,(H2,21,24,26)/p+1. The van der Waals surface area contributed by atoms with Gasteiger partial charge in [-0.3, -0.25) is 0 Å². The lowest BCUT2D eigenvalue weighted by Crippen LogP contribution is -2.52. The second-order valence-corrected chi connectivity index (χ2v) is 7.29. The van der Waals surface area contributed by atoms with E-state index in [1.807, 2.05) is 29.6 Å². The first-order valence-corrected chi connectivity index (χ1v) is 9.72. The van der Waals surface area contributed by atoms with Crippen LogP contribution < -0.4 is 15.4 Å². The van der Waals surface area contributed by atoms with Crippen LogP contribution >= 0.6 is 34.5 Å². The Morgan fingerprint density at radius 3 is 2.89 bits per heavy atom. The zero-order valence-electron chi connectivity index (χ0n) is 13.9. The molecule has 136 valence electrons. The number of H-pyrrole nitrogens is 1. The number of imidazole rings is 1. The van der Waals surface area contributed by atoms with Crippen LogP contribution in [0.2, 0.25) is 10.0 Å². The van der Waals surface area contributed by atoms with Crippen molar-refractivity contribution in [2.75, 3.05) is 5.43 Å². The van der Waals surface area contributed by atoms with Crippen LogP contribution in [0.15, 0.2) is 53.4 Å². The molecule has 0 aliphatic heterocycles. The summed E-state index contributed by atoms with van der Waals surface area (Å²) in [4.78, 5) is 20.1. The highest BCUT2D eigenvalue weighted by molar-refractivity contribution is 7.07. The molecule has 0 radical (unpaired) electrons. The lowest BCUT2D eigenvalue weighted by Gasteiger charge is -2.08. The molecule has 0 aliphatic carbocycles. The van der Waals surface area contributed by atoms with Gasteiger partial charge in [-0.05, 0) is 35.9 Å². The van der Waals surface area contributed by atoms with Crippen LogP contribution in [0.5, 0.6) is 0 Å². The van der Waals surface area contributed by atoms with Gasteiger partial charge in [0.05, 0.1) is 5.51 Å². The van der Waals surface area contributed by atoms with Gasteiger partial charge in [0.25, 0.3) is 0 Å². The zero-order chi connectivity index (χ0) is 18.8. The van der Waals surface area contributed by atoms with Crippen molar-refractivity contribution in [3.63, 3.8) is 0 Å². The first-order valence-electron chi connectivity index (χ1n) is 8.02. The molecule has 3 N–H and O–H groups in total. The van der Waals surface area contributed by atoms with Crippen LogP contribution in [0.4, 0.5) is 4.79 Å². The molecule has 4 rings (SSSR count). The molecule has 0 bridgehead atoms. The maximum atomic E-state index is 12.5. The summed E-state index contributed by atoms with van der Waals surface area (Å²) in [6.45, 7) is 0.250. The van der Waals surface area contributed by atoms with E-state index in [0.717, 1.165) is 22.3 Å². The smallest absolute Gasteiger partial charge is 0.331 e. The van der Waals surface area contributed by atoms with E-state index in [4.69, 9.17) is 23.2 Å². The second-order valence-electron chi connectivity index (χ2n) is 5.73. The largest absolute Gasteiger partial charge is 0.350 e. The van der Waals surface area contributed by atoms with Crippen LogP contribution in [0.25, 0.3) is 22.6 Å². The van der Waals surface area contributed by atoms with Gasteiger partial charge in [0.2, 0.25) is 5.52 Å². The van der Waals surface area contributed by atoms with Gasteiger partial charge < -0.3 is 5.32 Å². The van der Waals surface area contributed by atoms with Crippen LogP contribution in [0.1, 0.15) is 5.56 Å². The molecule has 0 atom stereocenters. The Hall–Kier alpha value is -2.61. The summed E-state index contributed by atoms with van der Waals surface area (Å²) < 4.78 is 1.68. The third-order valence-corrected chi connectivity index (χ3v) is 5.15. The lowest BCUT2D eigenvalue weighted by atomic mass is 10.2. The average molecular weight is 419 g/mol. The van der Waals surface area contributed by atoms with Crippen LogP contribution in [0.3, 0.4) is 0 Å². The fourth-order valence-corrected chi connectivity index (χ4v) is 3.61. The van der Waals surface area contributed by atoms with Crippen molar-refractivity contribution in [2.45, 2.75) is 6.54 Å². The summed E-state index contributed by atoms with van der Waals surface area (Å²) in [5.41, 5.74) is 7.79. The van der Waals surface area contributed by atoms with Crippen molar-refractivity contribution >= 4 is 51.6 Å². The third kappa shape index (κ3) is 3.75. The molecular weight excluding hydrogens is 405 g/mol. The summed E-state index contributed by atoms with van der Waals surface area (Å²) in [7, 11) is 0. The molecule has 4 aromatic rings. The Balaban J connectivity index is 1.58. The number of carbonyl (C=O) groups excluding carboxylic acids is 1. The molecule has 6 nitrogen and oxygen atoms in total. The predicted molar refractivity (Wildman–Crippen MR) is 108 cm³/mol. The number of amides is 2. The predicted octanol–water partition coefficient (Wildman–Crippen LogP) is 4.34. The summed E-state index contributed by atoms with van der Waals surface area (Å²) >= 11 is 13.6. The van der Waals surface area contributed by atoms with Gasteiger partial charge in [0.15, 0.2) is 11.2 Å². The monoisotopic (exact) mass is 418 g/mol. The molecule has 27 heavy (non-hydrogen) atoms. The van der Waals surface area contributed by atoms with E-state index in [2.05, 4.69) is 20.7 Å². The molecular formula is C18H14Cl2N5OS+. The number of hydrogen-bond acceptors (Lipinski definition) is 3. The highest BCUT2D eigenvalue weighted by atomic mass is 35.5. The number of halogens is 2. The number of benzene rings is 2. The number of thiazole rings is 1. The van der Waals surface area contributed by atoms with E-state index in [9.17, 15) is 4.79 Å². The fourth-order valence-electron chi connectivity index (χ4n) is 2.70. The fraction of sp³-hybridized carbons (Fsp3) is 0.0556. The molecule has 0 saturated heterocycles. The first-order chi connectivity index (χ1) is 13.1. The number of nitrogens with zero attached hydrogens (tertiary/aromatic N) is 2. The minimum atomic E-state index is -0.378. The van der Waals surface area contributed by atoms with Crippen molar-refractivity contribution in [1.82, 2.24) is 15.3 Å². The normalized spacial score (nSPS) is 10.9. The summed E-state index contributed by atoms with van der Waals surface area (Å²) in [5.74, 6) is 0.688. The van der Waals surface area contributed by atoms with Crippen LogP contribution in [-0.2, 0) is 6.54 Å². The summed E-state index contributed by atoms with van der Waals surface area (Å²) in [6.07, 6.45) is 0. The van der Waals surface area contributed by atoms with E-state index in [0.29, 0.717) is 15.9 Å². The first kappa shape index (κ1) is 17.8. The van der Waals surface area contributed by atoms with Gasteiger partial charge >= 0.3 is 11.9 Å². The number of urea groups is 1. The maximum Gasteiger partial charge on any atom is 0.350 e. The Labute approximate surface area is 168 Å². The number of rotatable bonds is 4. The van der Waals surface area contributed by atoms with Crippen molar-refractivity contribution in [2.24, 2.45) is 0 Å². The van der Waals surface area contributed by atoms with E-state index < -0.39 is 0 Å². The molecule has 2 heterocycles. The number of nitrogens with one attached hydrogen (secondary N) is 3. The van der Waals surface area contributed by atoms with Crippen molar-refractivity contribution in [3.8, 4) is 11.5 Å². The molecule has 0 aliphatic rings. The minimum Gasteiger partial charge on any atom is -0.331 e. The van der Waals surface area contributed by atoms with Gasteiger partial charge in [0, 0.05) is 22.0 Å². The molecule has 0 saturated carbocycles. The van der Waals surface area contributed by atoms with Crippen molar-refractivity contribution in [3.05, 3.63) is 69.0 Å². The Morgan fingerprint density at radius 1 is 1.22 bits per heavy atom. The third-order valence-electron chi connectivity index (χ3n) is 3.96. The minimum absolute atomic E-state index is 0.250. The van der Waals surface area contributed by atoms with Gasteiger partial charge in [0.1, 0.15) is 0 Å². The molecule has 0 spiro atoms. The number of carbonyl (C=O) groups is 1. The van der Waals surface area contributed by atoms with Gasteiger partial charge in [-0.25, -0.2) is 14.8 Å².